The molecule has 6 nitrogen and oxygen atoms in total. The highest BCUT2D eigenvalue weighted by molar-refractivity contribution is 6.00. The summed E-state index contributed by atoms with van der Waals surface area (Å²) >= 11 is 0. The molecule has 6 heteroatoms. The Labute approximate surface area is 154 Å². The van der Waals surface area contributed by atoms with Gasteiger partial charge < -0.3 is 19.1 Å². The van der Waals surface area contributed by atoms with E-state index in [4.69, 9.17) is 14.2 Å². The largest absolute Gasteiger partial charge is 0.494 e. The van der Waals surface area contributed by atoms with Gasteiger partial charge in [0.1, 0.15) is 22.7 Å². The quantitative estimate of drug-likeness (QED) is 0.801. The molecule has 0 N–H and O–H groups in total. The first-order valence-electron chi connectivity index (χ1n) is 9.18. The van der Waals surface area contributed by atoms with Crippen LogP contribution in [0.15, 0.2) is 18.2 Å². The molecule has 0 bridgehead atoms. The average Bonchev–Trinajstić information content (AvgIpc) is 2.55. The second-order valence-electron chi connectivity index (χ2n) is 7.94. The molecule has 1 amide bonds. The Morgan fingerprint density at radius 2 is 1.96 bits per heavy atom. The summed E-state index contributed by atoms with van der Waals surface area (Å²) in [5, 5.41) is 0. The van der Waals surface area contributed by atoms with Gasteiger partial charge in [-0.3, -0.25) is 4.79 Å². The van der Waals surface area contributed by atoms with Crippen LogP contribution in [0.4, 0.5) is 4.79 Å². The summed E-state index contributed by atoms with van der Waals surface area (Å²) in [5.41, 5.74) is -0.465. The molecule has 2 aliphatic heterocycles. The summed E-state index contributed by atoms with van der Waals surface area (Å²) in [7, 11) is 0. The van der Waals surface area contributed by atoms with Crippen LogP contribution in [0.5, 0.6) is 11.5 Å². The van der Waals surface area contributed by atoms with E-state index in [1.807, 2.05) is 33.8 Å². The number of amides is 1. The zero-order valence-electron chi connectivity index (χ0n) is 16.0. The molecular formula is C20H27NO5. The standard InChI is InChI=1S/C20H27NO5/c1-5-24-14-6-7-17-15(12-14)16(22)13-20(25-17)8-10-21(11-9-20)18(23)26-19(2,3)4/h6-7,12H,5,8-11,13H2,1-4H3. The van der Waals surface area contributed by atoms with Crippen LogP contribution in [-0.4, -0.2) is 47.7 Å². The van der Waals surface area contributed by atoms with Crippen molar-refractivity contribution in [1.29, 1.82) is 0 Å². The minimum absolute atomic E-state index is 0.0681. The van der Waals surface area contributed by atoms with Crippen molar-refractivity contribution in [1.82, 2.24) is 4.90 Å². The van der Waals surface area contributed by atoms with Crippen LogP contribution in [0.25, 0.3) is 0 Å². The fraction of sp³-hybridized carbons (Fsp3) is 0.600. The highest BCUT2D eigenvalue weighted by Gasteiger charge is 2.44. The van der Waals surface area contributed by atoms with Gasteiger partial charge in [-0.25, -0.2) is 4.79 Å². The number of benzene rings is 1. The van der Waals surface area contributed by atoms with Crippen molar-refractivity contribution in [2.24, 2.45) is 0 Å². The van der Waals surface area contributed by atoms with Crippen LogP contribution in [-0.2, 0) is 4.74 Å². The maximum Gasteiger partial charge on any atom is 0.410 e. The molecule has 3 rings (SSSR count). The van der Waals surface area contributed by atoms with Gasteiger partial charge in [0.05, 0.1) is 18.6 Å². The molecule has 1 saturated heterocycles. The summed E-state index contributed by atoms with van der Waals surface area (Å²) < 4.78 is 17.1. The van der Waals surface area contributed by atoms with Crippen LogP contribution < -0.4 is 9.47 Å². The number of ether oxygens (including phenoxy) is 3. The summed E-state index contributed by atoms with van der Waals surface area (Å²) in [4.78, 5) is 26.6. The van der Waals surface area contributed by atoms with Gasteiger partial charge >= 0.3 is 6.09 Å². The minimum atomic E-state index is -0.532. The monoisotopic (exact) mass is 361 g/mol. The van der Waals surface area contributed by atoms with Gasteiger partial charge in [-0.1, -0.05) is 0 Å². The minimum Gasteiger partial charge on any atom is -0.494 e. The van der Waals surface area contributed by atoms with Gasteiger partial charge in [-0.2, -0.15) is 0 Å². The van der Waals surface area contributed by atoms with E-state index in [1.54, 1.807) is 17.0 Å². The van der Waals surface area contributed by atoms with Crippen molar-refractivity contribution >= 4 is 11.9 Å². The Morgan fingerprint density at radius 1 is 1.27 bits per heavy atom. The molecular weight excluding hydrogens is 334 g/mol. The average molecular weight is 361 g/mol. The summed E-state index contributed by atoms with van der Waals surface area (Å²) in [5.74, 6) is 1.35. The molecule has 0 aliphatic carbocycles. The van der Waals surface area contributed by atoms with E-state index in [0.717, 1.165) is 0 Å². The summed E-state index contributed by atoms with van der Waals surface area (Å²) in [6, 6.07) is 5.38. The lowest BCUT2D eigenvalue weighted by Gasteiger charge is -2.44. The number of fused-ring (bicyclic) bond motifs is 1. The van der Waals surface area contributed by atoms with E-state index in [2.05, 4.69) is 0 Å². The number of Topliss-reactive ketones (excluding diaryl/α,β-unsaturated/α-hetero) is 1. The lowest BCUT2D eigenvalue weighted by molar-refractivity contribution is -0.0226. The third kappa shape index (κ3) is 3.94. The number of ketones is 1. The second-order valence-corrected chi connectivity index (χ2v) is 7.94. The molecule has 0 saturated carbocycles. The molecule has 1 aromatic carbocycles. The molecule has 0 atom stereocenters. The molecule has 1 fully saturated rings. The molecule has 1 aromatic rings. The van der Waals surface area contributed by atoms with Crippen molar-refractivity contribution < 1.29 is 23.8 Å². The Balaban J connectivity index is 1.68. The van der Waals surface area contributed by atoms with Gasteiger partial charge in [-0.05, 0) is 45.9 Å². The first kappa shape index (κ1) is 18.5. The molecule has 0 aromatic heterocycles. The zero-order valence-corrected chi connectivity index (χ0v) is 16.0. The second kappa shape index (κ2) is 6.82. The van der Waals surface area contributed by atoms with Crippen LogP contribution in [0.2, 0.25) is 0 Å². The lowest BCUT2D eigenvalue weighted by Crippen LogP contribution is -2.52. The normalized spacial score (nSPS) is 18.9. The van der Waals surface area contributed by atoms with Crippen LogP contribution in [0.3, 0.4) is 0 Å². The number of carbonyl (C=O) groups excluding carboxylic acids is 2. The SMILES string of the molecule is CCOc1ccc2c(c1)C(=O)CC1(CCN(C(=O)OC(C)(C)C)CC1)O2. The van der Waals surface area contributed by atoms with Crippen LogP contribution in [0, 0.1) is 0 Å². The van der Waals surface area contributed by atoms with Gasteiger partial charge in [-0.15, -0.1) is 0 Å². The zero-order chi connectivity index (χ0) is 18.9. The predicted molar refractivity (Wildman–Crippen MR) is 97.0 cm³/mol. The van der Waals surface area contributed by atoms with Crippen LogP contribution in [0.1, 0.15) is 57.3 Å². The number of carbonyl (C=O) groups is 2. The molecule has 0 radical (unpaired) electrons. The number of nitrogens with zero attached hydrogens (tertiary/aromatic N) is 1. The molecule has 2 aliphatic rings. The predicted octanol–water partition coefficient (Wildman–Crippen LogP) is 3.82. The topological polar surface area (TPSA) is 65.1 Å². The van der Waals surface area contributed by atoms with E-state index in [9.17, 15) is 9.59 Å². The van der Waals surface area contributed by atoms with Gasteiger partial charge in [0.15, 0.2) is 5.78 Å². The van der Waals surface area contributed by atoms with Crippen molar-refractivity contribution in [2.75, 3.05) is 19.7 Å². The third-order valence-electron chi connectivity index (χ3n) is 4.70. The fourth-order valence-corrected chi connectivity index (χ4v) is 3.43. The van der Waals surface area contributed by atoms with Gasteiger partial charge in [0.25, 0.3) is 0 Å². The maximum atomic E-state index is 12.7. The Morgan fingerprint density at radius 3 is 2.58 bits per heavy atom. The Kier molecular flexibility index (Phi) is 4.86. The highest BCUT2D eigenvalue weighted by Crippen LogP contribution is 2.40. The third-order valence-corrected chi connectivity index (χ3v) is 4.70. The maximum absolute atomic E-state index is 12.7. The first-order chi connectivity index (χ1) is 12.2. The lowest BCUT2D eigenvalue weighted by atomic mass is 9.82. The smallest absolute Gasteiger partial charge is 0.410 e. The number of likely N-dealkylation sites (tertiary alicyclic amines) is 1. The number of rotatable bonds is 2. The van der Waals surface area contributed by atoms with E-state index in [0.29, 0.717) is 56.0 Å². The van der Waals surface area contributed by atoms with Crippen molar-refractivity contribution in [2.45, 2.75) is 58.2 Å². The van der Waals surface area contributed by atoms with Crippen molar-refractivity contribution in [3.05, 3.63) is 23.8 Å². The first-order valence-corrected chi connectivity index (χ1v) is 9.18. The number of hydrogen-bond donors (Lipinski definition) is 0. The van der Waals surface area contributed by atoms with E-state index >= 15 is 0 Å². The number of hydrogen-bond acceptors (Lipinski definition) is 5. The highest BCUT2D eigenvalue weighted by atomic mass is 16.6. The van der Waals surface area contributed by atoms with E-state index in [-0.39, 0.29) is 11.9 Å². The van der Waals surface area contributed by atoms with E-state index in [1.165, 1.54) is 0 Å². The van der Waals surface area contributed by atoms with Crippen molar-refractivity contribution in [3.63, 3.8) is 0 Å². The summed E-state index contributed by atoms with van der Waals surface area (Å²) in [6.07, 6.45) is 1.25. The fourth-order valence-electron chi connectivity index (χ4n) is 3.43. The molecule has 142 valence electrons. The Bertz CT molecular complexity index is 699. The molecule has 1 spiro atoms. The summed E-state index contributed by atoms with van der Waals surface area (Å²) in [6.45, 7) is 9.07. The van der Waals surface area contributed by atoms with E-state index < -0.39 is 11.2 Å². The van der Waals surface area contributed by atoms with Crippen LogP contribution >= 0.6 is 0 Å². The van der Waals surface area contributed by atoms with Crippen molar-refractivity contribution in [3.8, 4) is 11.5 Å². The number of piperidine rings is 1. The van der Waals surface area contributed by atoms with Gasteiger partial charge in [0, 0.05) is 25.9 Å². The molecule has 0 unspecified atom stereocenters. The van der Waals surface area contributed by atoms with Gasteiger partial charge in [0.2, 0.25) is 0 Å². The Hall–Kier alpha value is -2.24. The molecule has 26 heavy (non-hydrogen) atoms. The molecule has 2 heterocycles.